The first-order chi connectivity index (χ1) is 8.19. The molecule has 0 aliphatic carbocycles. The van der Waals surface area contributed by atoms with Crippen LogP contribution in [-0.4, -0.2) is 4.98 Å². The van der Waals surface area contributed by atoms with E-state index in [2.05, 4.69) is 4.98 Å². The van der Waals surface area contributed by atoms with Crippen molar-refractivity contribution in [3.8, 4) is 6.07 Å². The van der Waals surface area contributed by atoms with Gasteiger partial charge in [-0.15, -0.1) is 0 Å². The van der Waals surface area contributed by atoms with Gasteiger partial charge in [0, 0.05) is 16.0 Å². The van der Waals surface area contributed by atoms with E-state index in [1.807, 2.05) is 6.07 Å². The Hall–Kier alpha value is -1.93. The van der Waals surface area contributed by atoms with Crippen LogP contribution in [0.4, 0.5) is 8.78 Å². The van der Waals surface area contributed by atoms with Crippen LogP contribution in [0.15, 0.2) is 46.3 Å². The molecule has 2 aromatic rings. The quantitative estimate of drug-likeness (QED) is 0.817. The molecule has 1 aromatic heterocycles. The molecule has 1 heterocycles. The number of benzene rings is 1. The normalized spacial score (nSPS) is 9.94. The number of rotatable bonds is 2. The zero-order valence-electron chi connectivity index (χ0n) is 8.52. The fourth-order valence-electron chi connectivity index (χ4n) is 1.18. The lowest BCUT2D eigenvalue weighted by molar-refractivity contribution is 0.506. The molecule has 1 aromatic carbocycles. The maximum Gasteiger partial charge on any atom is 0.159 e. The van der Waals surface area contributed by atoms with Crippen LogP contribution in [0, 0.1) is 23.0 Å². The van der Waals surface area contributed by atoms with Crippen molar-refractivity contribution in [2.24, 2.45) is 0 Å². The van der Waals surface area contributed by atoms with Gasteiger partial charge in [-0.3, -0.25) is 0 Å². The summed E-state index contributed by atoms with van der Waals surface area (Å²) >= 11 is 1.25. The zero-order chi connectivity index (χ0) is 12.3. The van der Waals surface area contributed by atoms with Gasteiger partial charge in [0.2, 0.25) is 0 Å². The predicted molar refractivity (Wildman–Crippen MR) is 59.4 cm³/mol. The second-order valence-corrected chi connectivity index (χ2v) is 4.32. The fourth-order valence-corrected chi connectivity index (χ4v) is 2.00. The minimum atomic E-state index is -0.878. The highest BCUT2D eigenvalue weighted by atomic mass is 32.2. The minimum absolute atomic E-state index is 0.319. The van der Waals surface area contributed by atoms with E-state index < -0.39 is 11.6 Å². The number of hydrogen-bond acceptors (Lipinski definition) is 3. The molecular weight excluding hydrogens is 242 g/mol. The van der Waals surface area contributed by atoms with Crippen LogP contribution in [0.3, 0.4) is 0 Å². The van der Waals surface area contributed by atoms with Gasteiger partial charge in [-0.25, -0.2) is 13.8 Å². The standard InChI is InChI=1S/C12H6F2N2S/c13-11-4-3-9(5-12(11)14)17-10-2-1-8(6-15)16-7-10/h1-5,7H. The SMILES string of the molecule is N#Cc1ccc(Sc2ccc(F)c(F)c2)cn1. The molecule has 0 radical (unpaired) electrons. The molecule has 0 N–H and O–H groups in total. The van der Waals surface area contributed by atoms with Crippen LogP contribution in [0.1, 0.15) is 5.69 Å². The summed E-state index contributed by atoms with van der Waals surface area (Å²) in [7, 11) is 0. The monoisotopic (exact) mass is 248 g/mol. The van der Waals surface area contributed by atoms with Gasteiger partial charge in [-0.2, -0.15) is 5.26 Å². The van der Waals surface area contributed by atoms with Crippen LogP contribution in [-0.2, 0) is 0 Å². The molecule has 0 spiro atoms. The van der Waals surface area contributed by atoms with Crippen molar-refractivity contribution in [3.63, 3.8) is 0 Å². The Kier molecular flexibility index (Phi) is 3.35. The van der Waals surface area contributed by atoms with Crippen molar-refractivity contribution in [1.29, 1.82) is 5.26 Å². The van der Waals surface area contributed by atoms with Crippen molar-refractivity contribution in [3.05, 3.63) is 53.9 Å². The van der Waals surface area contributed by atoms with E-state index in [1.54, 1.807) is 12.1 Å². The first-order valence-electron chi connectivity index (χ1n) is 4.68. The smallest absolute Gasteiger partial charge is 0.159 e. The summed E-state index contributed by atoms with van der Waals surface area (Å²) in [5.41, 5.74) is 0.319. The van der Waals surface area contributed by atoms with Gasteiger partial charge in [-0.1, -0.05) is 11.8 Å². The second-order valence-electron chi connectivity index (χ2n) is 3.17. The highest BCUT2D eigenvalue weighted by Crippen LogP contribution is 2.27. The van der Waals surface area contributed by atoms with E-state index in [4.69, 9.17) is 5.26 Å². The van der Waals surface area contributed by atoms with Crippen molar-refractivity contribution >= 4 is 11.8 Å². The minimum Gasteiger partial charge on any atom is -0.244 e. The molecule has 84 valence electrons. The van der Waals surface area contributed by atoms with E-state index in [0.29, 0.717) is 10.6 Å². The lowest BCUT2D eigenvalue weighted by atomic mass is 10.3. The summed E-state index contributed by atoms with van der Waals surface area (Å²) in [6.45, 7) is 0. The summed E-state index contributed by atoms with van der Waals surface area (Å²) in [6, 6.07) is 8.87. The first-order valence-corrected chi connectivity index (χ1v) is 5.50. The fraction of sp³-hybridized carbons (Fsp3) is 0. The van der Waals surface area contributed by atoms with Gasteiger partial charge in [0.1, 0.15) is 11.8 Å². The molecule has 0 bridgehead atoms. The first kappa shape index (κ1) is 11.6. The molecule has 0 atom stereocenters. The second kappa shape index (κ2) is 4.93. The Balaban J connectivity index is 2.20. The summed E-state index contributed by atoms with van der Waals surface area (Å²) in [4.78, 5) is 5.22. The van der Waals surface area contributed by atoms with Gasteiger partial charge < -0.3 is 0 Å². The molecule has 0 saturated heterocycles. The van der Waals surface area contributed by atoms with Crippen molar-refractivity contribution in [1.82, 2.24) is 4.98 Å². The summed E-state index contributed by atoms with van der Waals surface area (Å²) in [5, 5.41) is 8.57. The molecule has 0 aliphatic rings. The predicted octanol–water partition coefficient (Wildman–Crippen LogP) is 3.38. The number of pyridine rings is 1. The topological polar surface area (TPSA) is 36.7 Å². The van der Waals surface area contributed by atoms with Crippen molar-refractivity contribution in [2.75, 3.05) is 0 Å². The average molecular weight is 248 g/mol. The molecule has 0 fully saturated rings. The van der Waals surface area contributed by atoms with Gasteiger partial charge in [0.15, 0.2) is 11.6 Å². The Morgan fingerprint density at radius 2 is 1.82 bits per heavy atom. The number of nitriles is 1. The van der Waals surface area contributed by atoms with E-state index in [-0.39, 0.29) is 0 Å². The average Bonchev–Trinajstić information content (AvgIpc) is 2.35. The third kappa shape index (κ3) is 2.80. The number of halogens is 2. The molecule has 0 saturated carbocycles. The Labute approximate surface area is 101 Å². The van der Waals surface area contributed by atoms with Crippen LogP contribution >= 0.6 is 11.8 Å². The van der Waals surface area contributed by atoms with Crippen LogP contribution < -0.4 is 0 Å². The maximum atomic E-state index is 13.0. The van der Waals surface area contributed by atoms with E-state index in [0.717, 1.165) is 17.0 Å². The Morgan fingerprint density at radius 1 is 1.06 bits per heavy atom. The lowest BCUT2D eigenvalue weighted by Gasteiger charge is -2.01. The molecule has 0 aliphatic heterocycles. The van der Waals surface area contributed by atoms with E-state index in [1.165, 1.54) is 24.0 Å². The molecule has 0 unspecified atom stereocenters. The van der Waals surface area contributed by atoms with Gasteiger partial charge in [-0.05, 0) is 30.3 Å². The largest absolute Gasteiger partial charge is 0.244 e. The highest BCUT2D eigenvalue weighted by Gasteiger charge is 2.04. The van der Waals surface area contributed by atoms with Gasteiger partial charge in [0.25, 0.3) is 0 Å². The number of hydrogen-bond donors (Lipinski definition) is 0. The van der Waals surface area contributed by atoms with Crippen LogP contribution in [0.5, 0.6) is 0 Å². The van der Waals surface area contributed by atoms with Crippen molar-refractivity contribution < 1.29 is 8.78 Å². The third-order valence-electron chi connectivity index (χ3n) is 1.98. The number of aromatic nitrogens is 1. The van der Waals surface area contributed by atoms with E-state index in [9.17, 15) is 8.78 Å². The Bertz CT molecular complexity index is 576. The molecule has 2 rings (SSSR count). The summed E-state index contributed by atoms with van der Waals surface area (Å²) in [6.07, 6.45) is 1.52. The maximum absolute atomic E-state index is 13.0. The van der Waals surface area contributed by atoms with Crippen LogP contribution in [0.25, 0.3) is 0 Å². The summed E-state index contributed by atoms with van der Waals surface area (Å²) in [5.74, 6) is -1.75. The van der Waals surface area contributed by atoms with Crippen molar-refractivity contribution in [2.45, 2.75) is 9.79 Å². The zero-order valence-corrected chi connectivity index (χ0v) is 9.34. The van der Waals surface area contributed by atoms with E-state index >= 15 is 0 Å². The van der Waals surface area contributed by atoms with Crippen LogP contribution in [0.2, 0.25) is 0 Å². The third-order valence-corrected chi connectivity index (χ3v) is 2.94. The number of nitrogens with zero attached hydrogens (tertiary/aromatic N) is 2. The Morgan fingerprint density at radius 3 is 2.41 bits per heavy atom. The lowest BCUT2D eigenvalue weighted by Crippen LogP contribution is -1.85. The highest BCUT2D eigenvalue weighted by molar-refractivity contribution is 7.99. The molecule has 5 heteroatoms. The molecule has 0 amide bonds. The summed E-state index contributed by atoms with van der Waals surface area (Å²) < 4.78 is 25.7. The molecule has 2 nitrogen and oxygen atoms in total. The molecule has 17 heavy (non-hydrogen) atoms. The van der Waals surface area contributed by atoms with Gasteiger partial charge >= 0.3 is 0 Å². The van der Waals surface area contributed by atoms with Gasteiger partial charge in [0.05, 0.1) is 0 Å². The molecular formula is C12H6F2N2S.